The molecule has 0 aliphatic rings. The van der Waals surface area contributed by atoms with E-state index >= 15 is 0 Å². The summed E-state index contributed by atoms with van der Waals surface area (Å²) in [6, 6.07) is 0. The smallest absolute Gasteiger partial charge is 0.138 e. The third-order valence-corrected chi connectivity index (χ3v) is 2.60. The van der Waals surface area contributed by atoms with E-state index in [1.54, 1.807) is 0 Å². The summed E-state index contributed by atoms with van der Waals surface area (Å²) >= 11 is 0. The van der Waals surface area contributed by atoms with Gasteiger partial charge in [0.2, 0.25) is 0 Å². The zero-order chi connectivity index (χ0) is 12.8. The molecule has 0 saturated carbocycles. The molecule has 0 fully saturated rings. The maximum atomic E-state index is 9.97. The van der Waals surface area contributed by atoms with Crippen molar-refractivity contribution in [3.8, 4) is 0 Å². The van der Waals surface area contributed by atoms with Gasteiger partial charge < -0.3 is 9.84 Å². The van der Waals surface area contributed by atoms with E-state index in [-0.39, 0.29) is 6.10 Å². The normalized spacial score (nSPS) is 15.2. The first-order valence-corrected chi connectivity index (χ1v) is 6.20. The molecule has 98 valence electrons. The minimum Gasteiger partial charge on any atom is -0.390 e. The number of aliphatic hydroxyl groups excluding tert-OH is 1. The highest BCUT2D eigenvalue weighted by atomic mass is 16.5. The number of aliphatic hydroxyl groups is 1. The third kappa shape index (κ3) is 4.44. The molecule has 17 heavy (non-hydrogen) atoms. The standard InChI is InChI=1S/C12H23N3O2/c1-5-17-10(4)11(16)6-12-13-8-14-15(12)7-9(2)3/h8-11,16H,5-7H2,1-4H3. The topological polar surface area (TPSA) is 60.2 Å². The molecule has 0 spiro atoms. The molecule has 0 radical (unpaired) electrons. The molecule has 5 heteroatoms. The van der Waals surface area contributed by atoms with Gasteiger partial charge in [-0.05, 0) is 19.8 Å². The average molecular weight is 241 g/mol. The van der Waals surface area contributed by atoms with E-state index < -0.39 is 6.10 Å². The quantitative estimate of drug-likeness (QED) is 0.781. The van der Waals surface area contributed by atoms with Gasteiger partial charge in [-0.1, -0.05) is 13.8 Å². The largest absolute Gasteiger partial charge is 0.390 e. The monoisotopic (exact) mass is 241 g/mol. The van der Waals surface area contributed by atoms with E-state index in [4.69, 9.17) is 4.74 Å². The van der Waals surface area contributed by atoms with Crippen molar-refractivity contribution in [2.45, 2.75) is 52.9 Å². The Balaban J connectivity index is 2.58. The van der Waals surface area contributed by atoms with Crippen molar-refractivity contribution >= 4 is 0 Å². The van der Waals surface area contributed by atoms with Gasteiger partial charge in [-0.3, -0.25) is 0 Å². The lowest BCUT2D eigenvalue weighted by atomic mass is 10.1. The van der Waals surface area contributed by atoms with Crippen LogP contribution in [0.25, 0.3) is 0 Å². The summed E-state index contributed by atoms with van der Waals surface area (Å²) in [5.74, 6) is 1.33. The van der Waals surface area contributed by atoms with Crippen LogP contribution in [-0.4, -0.2) is 38.7 Å². The van der Waals surface area contributed by atoms with Gasteiger partial charge in [0.15, 0.2) is 0 Å². The maximum absolute atomic E-state index is 9.97. The summed E-state index contributed by atoms with van der Waals surface area (Å²) in [7, 11) is 0. The maximum Gasteiger partial charge on any atom is 0.138 e. The minimum absolute atomic E-state index is 0.177. The summed E-state index contributed by atoms with van der Waals surface area (Å²) in [5.41, 5.74) is 0. The Labute approximate surface area is 103 Å². The molecule has 2 unspecified atom stereocenters. The van der Waals surface area contributed by atoms with Crippen LogP contribution in [0, 0.1) is 5.92 Å². The predicted molar refractivity (Wildman–Crippen MR) is 65.7 cm³/mol. The summed E-state index contributed by atoms with van der Waals surface area (Å²) in [4.78, 5) is 4.19. The molecule has 0 aliphatic carbocycles. The summed E-state index contributed by atoms with van der Waals surface area (Å²) in [6.45, 7) is 9.49. The molecule has 0 bridgehead atoms. The Morgan fingerprint density at radius 3 is 2.71 bits per heavy atom. The molecule has 5 nitrogen and oxygen atoms in total. The van der Waals surface area contributed by atoms with Gasteiger partial charge in [-0.15, -0.1) is 0 Å². The first-order valence-electron chi connectivity index (χ1n) is 6.20. The van der Waals surface area contributed by atoms with Crippen molar-refractivity contribution in [2.75, 3.05) is 6.61 Å². The van der Waals surface area contributed by atoms with Gasteiger partial charge in [-0.25, -0.2) is 9.67 Å². The van der Waals surface area contributed by atoms with Crippen LogP contribution in [0.2, 0.25) is 0 Å². The number of hydrogen-bond donors (Lipinski definition) is 1. The summed E-state index contributed by atoms with van der Waals surface area (Å²) < 4.78 is 7.22. The molecular formula is C12H23N3O2. The lowest BCUT2D eigenvalue weighted by molar-refractivity contribution is -0.0220. The number of rotatable bonds is 7. The van der Waals surface area contributed by atoms with Crippen molar-refractivity contribution < 1.29 is 9.84 Å². The van der Waals surface area contributed by atoms with Crippen LogP contribution >= 0.6 is 0 Å². The fraction of sp³-hybridized carbons (Fsp3) is 0.833. The van der Waals surface area contributed by atoms with Gasteiger partial charge in [0, 0.05) is 19.6 Å². The van der Waals surface area contributed by atoms with E-state index in [1.165, 1.54) is 6.33 Å². The first-order chi connectivity index (χ1) is 8.04. The first kappa shape index (κ1) is 14.1. The van der Waals surface area contributed by atoms with Crippen molar-refractivity contribution in [3.63, 3.8) is 0 Å². The molecule has 2 atom stereocenters. The molecule has 1 aromatic heterocycles. The second kappa shape index (κ2) is 6.71. The molecule has 1 rings (SSSR count). The number of hydrogen-bond acceptors (Lipinski definition) is 4. The van der Waals surface area contributed by atoms with Crippen LogP contribution < -0.4 is 0 Å². The van der Waals surface area contributed by atoms with Crippen LogP contribution in [-0.2, 0) is 17.7 Å². The van der Waals surface area contributed by atoms with Crippen LogP contribution in [0.1, 0.15) is 33.5 Å². The Morgan fingerprint density at radius 1 is 1.41 bits per heavy atom. The fourth-order valence-electron chi connectivity index (χ4n) is 1.67. The van der Waals surface area contributed by atoms with Gasteiger partial charge in [0.25, 0.3) is 0 Å². The molecule has 0 aliphatic heterocycles. The zero-order valence-corrected chi connectivity index (χ0v) is 11.1. The van der Waals surface area contributed by atoms with E-state index in [0.29, 0.717) is 18.9 Å². The van der Waals surface area contributed by atoms with E-state index in [9.17, 15) is 5.11 Å². The second-order valence-electron chi connectivity index (χ2n) is 4.68. The molecular weight excluding hydrogens is 218 g/mol. The number of aromatic nitrogens is 3. The van der Waals surface area contributed by atoms with Crippen molar-refractivity contribution in [1.82, 2.24) is 14.8 Å². The van der Waals surface area contributed by atoms with Crippen LogP contribution in [0.5, 0.6) is 0 Å². The second-order valence-corrected chi connectivity index (χ2v) is 4.68. The van der Waals surface area contributed by atoms with Gasteiger partial charge in [0.05, 0.1) is 12.2 Å². The summed E-state index contributed by atoms with van der Waals surface area (Å²) in [5, 5.41) is 14.1. The van der Waals surface area contributed by atoms with Crippen LogP contribution in [0.15, 0.2) is 6.33 Å². The van der Waals surface area contributed by atoms with Crippen molar-refractivity contribution in [1.29, 1.82) is 0 Å². The molecule has 0 amide bonds. The van der Waals surface area contributed by atoms with E-state index in [1.807, 2.05) is 18.5 Å². The van der Waals surface area contributed by atoms with E-state index in [2.05, 4.69) is 23.9 Å². The van der Waals surface area contributed by atoms with Gasteiger partial charge >= 0.3 is 0 Å². The lowest BCUT2D eigenvalue weighted by Gasteiger charge is -2.18. The molecule has 0 saturated heterocycles. The van der Waals surface area contributed by atoms with Crippen LogP contribution in [0.4, 0.5) is 0 Å². The zero-order valence-electron chi connectivity index (χ0n) is 11.1. The number of ether oxygens (including phenoxy) is 1. The van der Waals surface area contributed by atoms with Gasteiger partial charge in [-0.2, -0.15) is 5.10 Å². The Bertz CT molecular complexity index is 325. The van der Waals surface area contributed by atoms with Crippen molar-refractivity contribution in [3.05, 3.63) is 12.2 Å². The fourth-order valence-corrected chi connectivity index (χ4v) is 1.67. The SMILES string of the molecule is CCOC(C)C(O)Cc1ncnn1CC(C)C. The van der Waals surface area contributed by atoms with Crippen molar-refractivity contribution in [2.24, 2.45) is 5.92 Å². The Kier molecular flexibility index (Phi) is 5.58. The molecule has 0 aromatic carbocycles. The average Bonchev–Trinajstić information content (AvgIpc) is 2.65. The highest BCUT2D eigenvalue weighted by Crippen LogP contribution is 2.08. The highest BCUT2D eigenvalue weighted by molar-refractivity contribution is 4.89. The third-order valence-electron chi connectivity index (χ3n) is 2.60. The molecule has 1 N–H and O–H groups in total. The Morgan fingerprint density at radius 2 is 2.12 bits per heavy atom. The lowest BCUT2D eigenvalue weighted by Crippen LogP contribution is -2.29. The predicted octanol–water partition coefficient (Wildman–Crippen LogP) is 1.26. The van der Waals surface area contributed by atoms with E-state index in [0.717, 1.165) is 12.4 Å². The molecule has 1 aromatic rings. The highest BCUT2D eigenvalue weighted by Gasteiger charge is 2.18. The van der Waals surface area contributed by atoms with Crippen LogP contribution in [0.3, 0.4) is 0 Å². The Hall–Kier alpha value is -0.940. The summed E-state index contributed by atoms with van der Waals surface area (Å²) in [6.07, 6.45) is 1.30. The number of nitrogens with zero attached hydrogens (tertiary/aromatic N) is 3. The minimum atomic E-state index is -0.537. The molecule has 1 heterocycles. The van der Waals surface area contributed by atoms with Gasteiger partial charge in [0.1, 0.15) is 12.2 Å².